The van der Waals surface area contributed by atoms with Crippen molar-refractivity contribution < 1.29 is 13.2 Å². The van der Waals surface area contributed by atoms with Crippen LogP contribution >= 0.6 is 35.1 Å². The van der Waals surface area contributed by atoms with Gasteiger partial charge in [-0.3, -0.25) is 9.69 Å². The van der Waals surface area contributed by atoms with Gasteiger partial charge in [0.15, 0.2) is 0 Å². The number of fused-ring (bicyclic) bond motifs is 2. The lowest BCUT2D eigenvalue weighted by atomic mass is 10.0. The van der Waals surface area contributed by atoms with Crippen LogP contribution in [0, 0.1) is 0 Å². The van der Waals surface area contributed by atoms with Gasteiger partial charge in [0.2, 0.25) is 10.0 Å². The molecule has 3 heterocycles. The second-order valence-corrected chi connectivity index (χ2v) is 13.0. The molecule has 0 saturated carbocycles. The lowest BCUT2D eigenvalue weighted by molar-refractivity contribution is 0.102. The van der Waals surface area contributed by atoms with E-state index in [4.69, 9.17) is 4.98 Å². The topological polar surface area (TPSA) is 82.6 Å². The van der Waals surface area contributed by atoms with E-state index in [0.717, 1.165) is 51.8 Å². The first-order valence-corrected chi connectivity index (χ1v) is 15.6. The summed E-state index contributed by atoms with van der Waals surface area (Å²) in [6.45, 7) is 9.41. The zero-order chi connectivity index (χ0) is 26.2. The molecule has 202 valence electrons. The highest BCUT2D eigenvalue weighted by Gasteiger charge is 2.28. The van der Waals surface area contributed by atoms with Crippen molar-refractivity contribution in [3.63, 3.8) is 0 Å². The van der Waals surface area contributed by atoms with Crippen LogP contribution in [0.25, 0.3) is 20.8 Å². The maximum absolute atomic E-state index is 13.3. The molecule has 0 unspecified atom stereocenters. The van der Waals surface area contributed by atoms with Gasteiger partial charge in [-0.1, -0.05) is 32.9 Å². The second kappa shape index (κ2) is 11.8. The Morgan fingerprint density at radius 2 is 1.76 bits per heavy atom. The van der Waals surface area contributed by atoms with Gasteiger partial charge < -0.3 is 5.32 Å². The van der Waals surface area contributed by atoms with Gasteiger partial charge in [0, 0.05) is 42.2 Å². The summed E-state index contributed by atoms with van der Waals surface area (Å²) in [4.78, 5) is 22.1. The molecule has 1 aliphatic heterocycles. The number of nitrogens with zero attached hydrogens (tertiary/aromatic N) is 3. The Morgan fingerprint density at radius 1 is 1.05 bits per heavy atom. The molecule has 0 atom stereocenters. The molecule has 0 aliphatic carbocycles. The Balaban J connectivity index is 0.00000336. The molecule has 4 aromatic rings. The molecule has 0 bridgehead atoms. The SMILES string of the molecule is CCN1CCc2c(sc(NC(=O)c3ccc(S(=O)(=O)N(CC)CC)cc3)c2-c2nc3ccccc3s2)C1.Cl. The van der Waals surface area contributed by atoms with Crippen molar-refractivity contribution in [2.24, 2.45) is 0 Å². The van der Waals surface area contributed by atoms with E-state index < -0.39 is 10.0 Å². The molecule has 0 saturated heterocycles. The van der Waals surface area contributed by atoms with Crippen molar-refractivity contribution in [3.8, 4) is 10.6 Å². The molecule has 11 heteroatoms. The summed E-state index contributed by atoms with van der Waals surface area (Å²) in [5.41, 5.74) is 3.65. The number of benzene rings is 2. The van der Waals surface area contributed by atoms with Crippen molar-refractivity contribution >= 4 is 66.2 Å². The standard InChI is InChI=1S/C27H30N4O3S3.ClH/c1-4-30-16-15-20-23(17-30)36-27(24(20)26-28-21-9-7-8-10-22(21)35-26)29-25(32)18-11-13-19(14-12-18)37(33,34)31(5-2)6-3;/h7-14H,4-6,15-17H2,1-3H3,(H,29,32);1H. The number of sulfonamides is 1. The number of aromatic nitrogens is 1. The number of hydrogen-bond donors (Lipinski definition) is 1. The lowest BCUT2D eigenvalue weighted by Crippen LogP contribution is -2.30. The quantitative estimate of drug-likeness (QED) is 0.268. The van der Waals surface area contributed by atoms with E-state index in [1.165, 1.54) is 26.9 Å². The summed E-state index contributed by atoms with van der Waals surface area (Å²) in [5, 5.41) is 4.85. The van der Waals surface area contributed by atoms with Gasteiger partial charge in [-0.15, -0.1) is 35.1 Å². The molecule has 0 spiro atoms. The zero-order valence-corrected chi connectivity index (χ0v) is 24.8. The Morgan fingerprint density at radius 3 is 2.42 bits per heavy atom. The number of anilines is 1. The first kappa shape index (κ1) is 28.7. The first-order valence-electron chi connectivity index (χ1n) is 12.5. The minimum Gasteiger partial charge on any atom is -0.313 e. The Kier molecular flexibility index (Phi) is 8.91. The Hall–Kier alpha value is -2.34. The van der Waals surface area contributed by atoms with Crippen molar-refractivity contribution in [3.05, 3.63) is 64.5 Å². The molecule has 1 N–H and O–H groups in total. The summed E-state index contributed by atoms with van der Waals surface area (Å²) in [5.74, 6) is -0.264. The molecule has 1 aliphatic rings. The van der Waals surface area contributed by atoms with Gasteiger partial charge in [-0.05, 0) is 54.9 Å². The summed E-state index contributed by atoms with van der Waals surface area (Å²) < 4.78 is 28.2. The number of thiophene rings is 1. The van der Waals surface area contributed by atoms with Gasteiger partial charge in [0.1, 0.15) is 10.0 Å². The third-order valence-corrected chi connectivity index (χ3v) is 11.0. The average Bonchev–Trinajstić information content (AvgIpc) is 3.49. The number of amides is 1. The van der Waals surface area contributed by atoms with E-state index in [1.807, 2.05) is 32.0 Å². The number of carbonyl (C=O) groups is 1. The molecule has 7 nitrogen and oxygen atoms in total. The largest absolute Gasteiger partial charge is 0.313 e. The molecule has 0 fully saturated rings. The maximum atomic E-state index is 13.3. The highest BCUT2D eigenvalue weighted by molar-refractivity contribution is 7.89. The van der Waals surface area contributed by atoms with E-state index in [-0.39, 0.29) is 23.2 Å². The van der Waals surface area contributed by atoms with Gasteiger partial charge >= 0.3 is 0 Å². The van der Waals surface area contributed by atoms with Crippen LogP contribution in [0.4, 0.5) is 5.00 Å². The number of halogens is 1. The summed E-state index contributed by atoms with van der Waals surface area (Å²) in [6, 6.07) is 14.3. The third kappa shape index (κ3) is 5.38. The Bertz CT molecular complexity index is 1510. The van der Waals surface area contributed by atoms with Crippen LogP contribution < -0.4 is 5.32 Å². The van der Waals surface area contributed by atoms with Crippen LogP contribution in [0.3, 0.4) is 0 Å². The van der Waals surface area contributed by atoms with Crippen LogP contribution in [0.1, 0.15) is 41.6 Å². The fourth-order valence-corrected chi connectivity index (χ4v) is 8.54. The summed E-state index contributed by atoms with van der Waals surface area (Å²) in [7, 11) is -3.58. The minimum absolute atomic E-state index is 0. The van der Waals surface area contributed by atoms with Crippen LogP contribution in [-0.2, 0) is 23.0 Å². The van der Waals surface area contributed by atoms with Crippen LogP contribution in [0.15, 0.2) is 53.4 Å². The Labute approximate surface area is 238 Å². The van der Waals surface area contributed by atoms with Crippen molar-refractivity contribution in [2.75, 3.05) is 31.5 Å². The third-order valence-electron chi connectivity index (χ3n) is 6.78. The highest BCUT2D eigenvalue weighted by Crippen LogP contribution is 2.45. The van der Waals surface area contributed by atoms with Crippen molar-refractivity contribution in [1.29, 1.82) is 0 Å². The highest BCUT2D eigenvalue weighted by atomic mass is 35.5. The number of hydrogen-bond acceptors (Lipinski definition) is 7. The van der Waals surface area contributed by atoms with Gasteiger partial charge in [-0.2, -0.15) is 4.31 Å². The summed E-state index contributed by atoms with van der Waals surface area (Å²) >= 11 is 3.26. The number of likely N-dealkylation sites (N-methyl/N-ethyl adjacent to an activating group) is 1. The van der Waals surface area contributed by atoms with Crippen molar-refractivity contribution in [1.82, 2.24) is 14.2 Å². The fraction of sp³-hybridized carbons (Fsp3) is 0.333. The molecule has 0 radical (unpaired) electrons. The van der Waals surface area contributed by atoms with E-state index in [1.54, 1.807) is 34.8 Å². The summed E-state index contributed by atoms with van der Waals surface area (Å²) in [6.07, 6.45) is 0.915. The minimum atomic E-state index is -3.58. The predicted octanol–water partition coefficient (Wildman–Crippen LogP) is 6.11. The van der Waals surface area contributed by atoms with E-state index in [2.05, 4.69) is 23.2 Å². The maximum Gasteiger partial charge on any atom is 0.256 e. The normalized spacial score (nSPS) is 13.9. The molecule has 5 rings (SSSR count). The van der Waals surface area contributed by atoms with Gasteiger partial charge in [0.25, 0.3) is 5.91 Å². The second-order valence-electron chi connectivity index (χ2n) is 8.88. The molecular weight excluding hydrogens is 560 g/mol. The molecule has 38 heavy (non-hydrogen) atoms. The van der Waals surface area contributed by atoms with Crippen LogP contribution in [0.5, 0.6) is 0 Å². The number of thiazole rings is 1. The first-order chi connectivity index (χ1) is 17.8. The molecule has 2 aromatic heterocycles. The average molecular weight is 591 g/mol. The molecule has 1 amide bonds. The molecular formula is C27H31ClN4O3S3. The number of carbonyl (C=O) groups excluding carboxylic acids is 1. The van der Waals surface area contributed by atoms with E-state index >= 15 is 0 Å². The van der Waals surface area contributed by atoms with Gasteiger partial charge in [-0.25, -0.2) is 13.4 Å². The number of nitrogens with one attached hydrogen (secondary N) is 1. The molecule has 2 aromatic carbocycles. The fourth-order valence-electron chi connectivity index (χ4n) is 4.69. The van der Waals surface area contributed by atoms with E-state index in [9.17, 15) is 13.2 Å². The van der Waals surface area contributed by atoms with Crippen LogP contribution in [-0.4, -0.2) is 54.7 Å². The van der Waals surface area contributed by atoms with Crippen molar-refractivity contribution in [2.45, 2.75) is 38.6 Å². The number of rotatable bonds is 8. The monoisotopic (exact) mass is 590 g/mol. The zero-order valence-electron chi connectivity index (χ0n) is 21.6. The lowest BCUT2D eigenvalue weighted by Gasteiger charge is -2.25. The number of para-hydroxylation sites is 1. The van der Waals surface area contributed by atoms with Crippen LogP contribution in [0.2, 0.25) is 0 Å². The predicted molar refractivity (Wildman–Crippen MR) is 159 cm³/mol. The van der Waals surface area contributed by atoms with Gasteiger partial charge in [0.05, 0.1) is 15.1 Å². The van der Waals surface area contributed by atoms with E-state index in [0.29, 0.717) is 18.7 Å². The smallest absolute Gasteiger partial charge is 0.256 e.